The molecule has 0 bridgehead atoms. The zero-order valence-corrected chi connectivity index (χ0v) is 11.2. The number of rotatable bonds is 5. The van der Waals surface area contributed by atoms with Gasteiger partial charge in [-0.05, 0) is 50.0 Å². The molecule has 2 aliphatic rings. The van der Waals surface area contributed by atoms with E-state index in [1.807, 2.05) is 4.90 Å². The van der Waals surface area contributed by atoms with Gasteiger partial charge in [-0.2, -0.15) is 0 Å². The second-order valence-corrected chi connectivity index (χ2v) is 6.09. The van der Waals surface area contributed by atoms with Crippen molar-refractivity contribution < 1.29 is 9.90 Å². The zero-order valence-electron chi connectivity index (χ0n) is 11.2. The van der Waals surface area contributed by atoms with Gasteiger partial charge in [0.2, 0.25) is 5.91 Å². The Labute approximate surface area is 110 Å². The molecule has 18 heavy (non-hydrogen) atoms. The molecule has 1 amide bonds. The maximum absolute atomic E-state index is 12.3. The van der Waals surface area contributed by atoms with E-state index in [9.17, 15) is 4.79 Å². The Balaban J connectivity index is 1.84. The molecule has 104 valence electrons. The minimum Gasteiger partial charge on any atom is -0.396 e. The molecule has 1 atom stereocenters. The summed E-state index contributed by atoms with van der Waals surface area (Å²) >= 11 is 0. The lowest BCUT2D eigenvalue weighted by Crippen LogP contribution is -2.46. The minimum atomic E-state index is 0.112. The Kier molecular flexibility index (Phi) is 4.62. The van der Waals surface area contributed by atoms with Crippen molar-refractivity contribution in [2.75, 3.05) is 26.2 Å². The third kappa shape index (κ3) is 3.04. The number of aliphatic hydroxyl groups is 1. The van der Waals surface area contributed by atoms with Gasteiger partial charge in [-0.25, -0.2) is 0 Å². The molecule has 3 N–H and O–H groups in total. The van der Waals surface area contributed by atoms with Gasteiger partial charge in [-0.15, -0.1) is 0 Å². The third-order valence-corrected chi connectivity index (χ3v) is 4.78. The summed E-state index contributed by atoms with van der Waals surface area (Å²) in [6, 6.07) is 0. The van der Waals surface area contributed by atoms with E-state index in [0.29, 0.717) is 18.9 Å². The summed E-state index contributed by atoms with van der Waals surface area (Å²) in [7, 11) is 0. The van der Waals surface area contributed by atoms with Gasteiger partial charge in [-0.1, -0.05) is 6.42 Å². The van der Waals surface area contributed by atoms with Crippen molar-refractivity contribution in [3.8, 4) is 0 Å². The number of nitrogens with zero attached hydrogens (tertiary/aromatic N) is 1. The van der Waals surface area contributed by atoms with Crippen LogP contribution in [-0.2, 0) is 4.79 Å². The monoisotopic (exact) mass is 254 g/mol. The molecule has 1 heterocycles. The molecule has 1 saturated carbocycles. The van der Waals surface area contributed by atoms with Crippen molar-refractivity contribution in [3.63, 3.8) is 0 Å². The molecule has 0 aromatic carbocycles. The highest BCUT2D eigenvalue weighted by atomic mass is 16.3. The first kappa shape index (κ1) is 13.8. The first-order valence-electron chi connectivity index (χ1n) is 7.28. The lowest BCUT2D eigenvalue weighted by Gasteiger charge is -2.42. The summed E-state index contributed by atoms with van der Waals surface area (Å²) in [5.41, 5.74) is 5.93. The Bertz CT molecular complexity index is 282. The fourth-order valence-corrected chi connectivity index (χ4v) is 3.27. The molecule has 1 aliphatic heterocycles. The quantitative estimate of drug-likeness (QED) is 0.773. The first-order chi connectivity index (χ1) is 8.69. The fourth-order valence-electron chi connectivity index (χ4n) is 3.27. The molecule has 2 fully saturated rings. The Morgan fingerprint density at radius 3 is 2.72 bits per heavy atom. The zero-order chi connectivity index (χ0) is 13.0. The molecule has 4 nitrogen and oxygen atoms in total. The molecule has 0 aromatic rings. The molecule has 0 radical (unpaired) electrons. The van der Waals surface area contributed by atoms with Crippen LogP contribution in [0.25, 0.3) is 0 Å². The van der Waals surface area contributed by atoms with Gasteiger partial charge < -0.3 is 15.7 Å². The molecule has 2 rings (SSSR count). The summed E-state index contributed by atoms with van der Waals surface area (Å²) < 4.78 is 0. The average molecular weight is 254 g/mol. The van der Waals surface area contributed by atoms with E-state index < -0.39 is 0 Å². The van der Waals surface area contributed by atoms with Gasteiger partial charge in [0.05, 0.1) is 0 Å². The van der Waals surface area contributed by atoms with Crippen LogP contribution in [0.5, 0.6) is 0 Å². The van der Waals surface area contributed by atoms with Crippen molar-refractivity contribution in [2.45, 2.75) is 44.9 Å². The van der Waals surface area contributed by atoms with Crippen LogP contribution in [0.1, 0.15) is 44.9 Å². The highest BCUT2D eigenvalue weighted by molar-refractivity contribution is 5.77. The topological polar surface area (TPSA) is 66.6 Å². The number of carbonyl (C=O) groups excluding carboxylic acids is 1. The van der Waals surface area contributed by atoms with Crippen LogP contribution in [0.4, 0.5) is 0 Å². The molecular weight excluding hydrogens is 228 g/mol. The van der Waals surface area contributed by atoms with Gasteiger partial charge in [0, 0.05) is 26.1 Å². The summed E-state index contributed by atoms with van der Waals surface area (Å²) in [5.74, 6) is 0.769. The van der Waals surface area contributed by atoms with Crippen molar-refractivity contribution in [2.24, 2.45) is 17.1 Å². The summed E-state index contributed by atoms with van der Waals surface area (Å²) in [6.07, 6.45) is 7.13. The maximum Gasteiger partial charge on any atom is 0.223 e. The van der Waals surface area contributed by atoms with E-state index in [-0.39, 0.29) is 17.9 Å². The number of hydrogen-bond donors (Lipinski definition) is 2. The third-order valence-electron chi connectivity index (χ3n) is 4.78. The van der Waals surface area contributed by atoms with Gasteiger partial charge in [0.1, 0.15) is 0 Å². The largest absolute Gasteiger partial charge is 0.396 e. The molecule has 0 aromatic heterocycles. The molecular formula is C14H26N2O2. The lowest BCUT2D eigenvalue weighted by atomic mass is 9.66. The number of aliphatic hydroxyl groups excluding tert-OH is 1. The van der Waals surface area contributed by atoms with E-state index >= 15 is 0 Å². The number of piperidine rings is 1. The Morgan fingerprint density at radius 1 is 1.39 bits per heavy atom. The van der Waals surface area contributed by atoms with Gasteiger partial charge in [-0.3, -0.25) is 4.79 Å². The van der Waals surface area contributed by atoms with E-state index in [1.165, 1.54) is 6.42 Å². The van der Waals surface area contributed by atoms with Crippen LogP contribution < -0.4 is 5.73 Å². The second-order valence-electron chi connectivity index (χ2n) is 6.09. The number of hydrogen-bond acceptors (Lipinski definition) is 3. The molecule has 1 saturated heterocycles. The van der Waals surface area contributed by atoms with Crippen LogP contribution >= 0.6 is 0 Å². The van der Waals surface area contributed by atoms with Crippen LogP contribution in [0, 0.1) is 11.3 Å². The van der Waals surface area contributed by atoms with Crippen LogP contribution in [-0.4, -0.2) is 42.2 Å². The van der Waals surface area contributed by atoms with E-state index in [0.717, 1.165) is 45.2 Å². The number of likely N-dealkylation sites (tertiary alicyclic amines) is 1. The first-order valence-corrected chi connectivity index (χ1v) is 7.28. The summed E-state index contributed by atoms with van der Waals surface area (Å²) in [4.78, 5) is 14.3. The predicted octanol–water partition coefficient (Wildman–Crippen LogP) is 1.13. The predicted molar refractivity (Wildman–Crippen MR) is 71.0 cm³/mol. The summed E-state index contributed by atoms with van der Waals surface area (Å²) in [5, 5.41) is 9.00. The molecule has 1 unspecified atom stereocenters. The average Bonchev–Trinajstić information content (AvgIpc) is 2.34. The van der Waals surface area contributed by atoms with Crippen molar-refractivity contribution >= 4 is 5.91 Å². The van der Waals surface area contributed by atoms with E-state index in [2.05, 4.69) is 0 Å². The van der Waals surface area contributed by atoms with Crippen molar-refractivity contribution in [1.82, 2.24) is 4.90 Å². The fraction of sp³-hybridized carbons (Fsp3) is 0.929. The molecule has 0 spiro atoms. The van der Waals surface area contributed by atoms with E-state index in [4.69, 9.17) is 10.8 Å². The molecule has 4 heteroatoms. The van der Waals surface area contributed by atoms with Crippen molar-refractivity contribution in [3.05, 3.63) is 0 Å². The Hall–Kier alpha value is -0.610. The standard InChI is InChI=1S/C14H26N2O2/c15-11-14(5-2-6-14)9-13(18)16-7-1-3-12(10-16)4-8-17/h12,17H,1-11,15H2. The maximum atomic E-state index is 12.3. The van der Waals surface area contributed by atoms with Gasteiger partial charge in [0.15, 0.2) is 0 Å². The highest BCUT2D eigenvalue weighted by Gasteiger charge is 2.39. The summed E-state index contributed by atoms with van der Waals surface area (Å²) in [6.45, 7) is 2.60. The number of carbonyl (C=O) groups is 1. The normalized spacial score (nSPS) is 26.8. The van der Waals surface area contributed by atoms with Gasteiger partial charge in [0.25, 0.3) is 0 Å². The van der Waals surface area contributed by atoms with Crippen LogP contribution in [0.3, 0.4) is 0 Å². The SMILES string of the molecule is NCC1(CC(=O)N2CCCC(CCO)C2)CCC1. The highest BCUT2D eigenvalue weighted by Crippen LogP contribution is 2.43. The van der Waals surface area contributed by atoms with Crippen molar-refractivity contribution in [1.29, 1.82) is 0 Å². The van der Waals surface area contributed by atoms with Gasteiger partial charge >= 0.3 is 0 Å². The minimum absolute atomic E-state index is 0.112. The smallest absolute Gasteiger partial charge is 0.223 e. The second kappa shape index (κ2) is 6.02. The number of nitrogens with two attached hydrogens (primary N) is 1. The molecule has 1 aliphatic carbocycles. The number of amides is 1. The van der Waals surface area contributed by atoms with Crippen LogP contribution in [0.15, 0.2) is 0 Å². The van der Waals surface area contributed by atoms with E-state index in [1.54, 1.807) is 0 Å². The Morgan fingerprint density at radius 2 is 2.17 bits per heavy atom. The van der Waals surface area contributed by atoms with Crippen LogP contribution in [0.2, 0.25) is 0 Å². The lowest BCUT2D eigenvalue weighted by molar-refractivity contribution is -0.137.